The molecular formula is C6Br13O. The Hall–Kier alpha value is 6.20. The molecule has 121 valence electrons. The van der Waals surface area contributed by atoms with Gasteiger partial charge in [0, 0.05) is 0 Å². The Bertz CT molecular complexity index is 331. The molecule has 0 saturated heterocycles. The molecule has 0 heterocycles. The van der Waals surface area contributed by atoms with Gasteiger partial charge in [0.15, 0.2) is 6.43 Å². The summed E-state index contributed by atoms with van der Waals surface area (Å²) in [6.07, 6.45) is 0. The normalized spacial score (nSPS) is 21.3. The van der Waals surface area contributed by atoms with Gasteiger partial charge in [0.1, 0.15) is 7.56 Å². The van der Waals surface area contributed by atoms with Gasteiger partial charge in [-0.05, 0) is 15.9 Å². The van der Waals surface area contributed by atoms with E-state index in [4.69, 9.17) is 0 Å². The second-order valence-corrected chi connectivity index (χ2v) is 29.4. The first-order chi connectivity index (χ1) is 8.25. The quantitative estimate of drug-likeness (QED) is 0.246. The van der Waals surface area contributed by atoms with E-state index >= 15 is 0 Å². The number of halogens is 13. The Balaban J connectivity index is 6.50. The van der Waals surface area contributed by atoms with E-state index in [2.05, 4.69) is 207 Å². The minimum atomic E-state index is -1.88. The zero-order valence-electron chi connectivity index (χ0n) is 8.32. The van der Waals surface area contributed by atoms with Crippen molar-refractivity contribution in [2.24, 2.45) is 0 Å². The lowest BCUT2D eigenvalue weighted by molar-refractivity contribution is 0.0422. The van der Waals surface area contributed by atoms with E-state index in [9.17, 15) is 5.11 Å². The third-order valence-corrected chi connectivity index (χ3v) is 20.5. The van der Waals surface area contributed by atoms with Crippen LogP contribution in [-0.4, -0.2) is 18.5 Å². The van der Waals surface area contributed by atoms with Crippen molar-refractivity contribution in [2.75, 3.05) is 0 Å². The van der Waals surface area contributed by atoms with Crippen LogP contribution < -0.4 is 0 Å². The van der Waals surface area contributed by atoms with Gasteiger partial charge in [-0.3, -0.25) is 0 Å². The highest BCUT2D eigenvalue weighted by Gasteiger charge is 2.77. The van der Waals surface area contributed by atoms with Crippen molar-refractivity contribution in [3.8, 4) is 0 Å². The van der Waals surface area contributed by atoms with Gasteiger partial charge in [-0.15, -0.1) is 0 Å². The van der Waals surface area contributed by atoms with Crippen LogP contribution in [0.5, 0.6) is 0 Å². The lowest BCUT2D eigenvalue weighted by Gasteiger charge is -2.55. The summed E-state index contributed by atoms with van der Waals surface area (Å²) < 4.78 is -7.42. The molecule has 1 nitrogen and oxygen atoms in total. The highest BCUT2D eigenvalue weighted by atomic mass is 80.0. The minimum Gasteiger partial charge on any atom is -0.212 e. The van der Waals surface area contributed by atoms with Crippen LogP contribution in [0.3, 0.4) is 0 Å². The fourth-order valence-electron chi connectivity index (χ4n) is 0.953. The van der Waals surface area contributed by atoms with E-state index in [0.29, 0.717) is 0 Å². The highest BCUT2D eigenvalue weighted by Crippen LogP contribution is 2.74. The summed E-state index contributed by atoms with van der Waals surface area (Å²) >= 11 is 44.3. The zero-order valence-corrected chi connectivity index (χ0v) is 28.9. The fourth-order valence-corrected chi connectivity index (χ4v) is 11.3. The van der Waals surface area contributed by atoms with Crippen molar-refractivity contribution in [1.29, 1.82) is 0 Å². The van der Waals surface area contributed by atoms with Gasteiger partial charge in [-0.2, -0.15) is 0 Å². The van der Waals surface area contributed by atoms with Gasteiger partial charge in [0.05, 0.1) is 0 Å². The topological polar surface area (TPSA) is 19.9 Å². The molecule has 0 spiro atoms. The number of alkyl halides is 13. The Labute approximate surface area is 226 Å². The Kier molecular flexibility index (Phi) is 10.9. The zero-order chi connectivity index (χ0) is 17.0. The largest absolute Gasteiger partial charge is 0.213 e. The third-order valence-electron chi connectivity index (χ3n) is 1.99. The minimum absolute atomic E-state index is 0.897. The van der Waals surface area contributed by atoms with Crippen LogP contribution >= 0.6 is 207 Å². The summed E-state index contributed by atoms with van der Waals surface area (Å²) in [4.78, 5) is 0. The molecule has 2 unspecified atom stereocenters. The first-order valence-electron chi connectivity index (χ1n) is 3.91. The van der Waals surface area contributed by atoms with Gasteiger partial charge in [-0.25, -0.2) is 5.11 Å². The van der Waals surface area contributed by atoms with Crippen LogP contribution in [0.2, 0.25) is 0 Å². The van der Waals surface area contributed by atoms with E-state index in [1.165, 1.54) is 0 Å². The summed E-state index contributed by atoms with van der Waals surface area (Å²) in [5.41, 5.74) is 0. The molecule has 0 bridgehead atoms. The second-order valence-electron chi connectivity index (χ2n) is 3.32. The first-order valence-corrected chi connectivity index (χ1v) is 14.2. The molecule has 0 aromatic heterocycles. The first kappa shape index (κ1) is 26.2. The Morgan fingerprint density at radius 3 is 0.900 bits per heavy atom. The maximum absolute atomic E-state index is 13.4. The molecule has 0 aromatic rings. The molecule has 0 fully saturated rings. The van der Waals surface area contributed by atoms with E-state index in [1.807, 2.05) is 0 Å². The summed E-state index contributed by atoms with van der Waals surface area (Å²) in [5.74, 6) is 0. The fraction of sp³-hybridized carbons (Fsp3) is 1.00. The molecule has 2 atom stereocenters. The average Bonchev–Trinajstić information content (AvgIpc) is 2.10. The van der Waals surface area contributed by atoms with Crippen LogP contribution in [0.4, 0.5) is 0 Å². The highest BCUT2D eigenvalue weighted by molar-refractivity contribution is 9.42. The Morgan fingerprint density at radius 1 is 0.450 bits per heavy atom. The van der Waals surface area contributed by atoms with Crippen molar-refractivity contribution in [3.63, 3.8) is 0 Å². The van der Waals surface area contributed by atoms with Crippen molar-refractivity contribution in [3.05, 3.63) is 0 Å². The standard InChI is InChI=1S/C6Br13O/c7-1(4(11,12)13,2(8,9)5(14,15)16)3(10,20)6(17,18)19. The predicted molar refractivity (Wildman–Crippen MR) is 133 cm³/mol. The van der Waals surface area contributed by atoms with Gasteiger partial charge < -0.3 is 0 Å². The maximum atomic E-state index is 13.4. The molecule has 14 heteroatoms. The summed E-state index contributed by atoms with van der Waals surface area (Å²) in [5, 5.41) is 13.4. The molecule has 0 aliphatic carbocycles. The third kappa shape index (κ3) is 4.97. The van der Waals surface area contributed by atoms with Gasteiger partial charge in [-0.1, -0.05) is 191 Å². The van der Waals surface area contributed by atoms with Crippen LogP contribution in [0, 0.1) is 0 Å². The molecule has 1 radical (unpaired) electrons. The van der Waals surface area contributed by atoms with Crippen LogP contribution in [-0.2, 0) is 5.11 Å². The van der Waals surface area contributed by atoms with Crippen LogP contribution in [0.25, 0.3) is 0 Å². The SMILES string of the molecule is [O]C(Br)(C(Br)(Br)Br)C(Br)(C(Br)(Br)Br)C(Br)(Br)C(Br)(Br)Br. The van der Waals surface area contributed by atoms with Crippen molar-refractivity contribution < 1.29 is 5.11 Å². The average molecular weight is 1130 g/mol. The summed E-state index contributed by atoms with van der Waals surface area (Å²) in [6.45, 7) is 0. The van der Waals surface area contributed by atoms with E-state index < -0.39 is 18.5 Å². The monoisotopic (exact) mass is 1110 g/mol. The lowest BCUT2D eigenvalue weighted by Crippen LogP contribution is -2.69. The van der Waals surface area contributed by atoms with E-state index in [0.717, 1.165) is 0 Å². The molecule has 20 heavy (non-hydrogen) atoms. The van der Waals surface area contributed by atoms with Gasteiger partial charge >= 0.3 is 0 Å². The molecule has 0 N–H and O–H groups in total. The predicted octanol–water partition coefficient (Wildman–Crippen LogP) is 9.64. The molecule has 0 rings (SSSR count). The molecule has 0 aromatic carbocycles. The lowest BCUT2D eigenvalue weighted by atomic mass is 10.0. The molecular weight excluding hydrogens is 1130 g/mol. The van der Waals surface area contributed by atoms with E-state index in [-0.39, 0.29) is 0 Å². The number of hydrogen-bond acceptors (Lipinski definition) is 0. The molecule has 0 amide bonds. The number of rotatable bonds is 2. The van der Waals surface area contributed by atoms with Crippen LogP contribution in [0.15, 0.2) is 0 Å². The van der Waals surface area contributed by atoms with Crippen molar-refractivity contribution >= 4 is 207 Å². The second kappa shape index (κ2) is 8.29. The van der Waals surface area contributed by atoms with Gasteiger partial charge in [0.2, 0.25) is 4.51 Å². The molecule has 0 aliphatic heterocycles. The van der Waals surface area contributed by atoms with E-state index in [1.54, 1.807) is 0 Å². The summed E-state index contributed by atoms with van der Waals surface area (Å²) in [6, 6.07) is 0. The molecule has 0 saturated carbocycles. The smallest absolute Gasteiger partial charge is 0.212 e. The summed E-state index contributed by atoms with van der Waals surface area (Å²) in [7, 11) is 0. The van der Waals surface area contributed by atoms with Crippen LogP contribution in [0.1, 0.15) is 0 Å². The Morgan fingerprint density at radius 2 is 0.750 bits per heavy atom. The van der Waals surface area contributed by atoms with Gasteiger partial charge in [0.25, 0.3) is 0 Å². The van der Waals surface area contributed by atoms with Crippen molar-refractivity contribution in [2.45, 2.75) is 18.5 Å². The van der Waals surface area contributed by atoms with Crippen molar-refractivity contribution in [1.82, 2.24) is 0 Å². The molecule has 0 aliphatic rings. The number of hydrogen-bond donors (Lipinski definition) is 0. The maximum Gasteiger partial charge on any atom is 0.213 e.